The summed E-state index contributed by atoms with van der Waals surface area (Å²) in [6.45, 7) is 3.54. The molecular formula is C30H59N4O5S+. The van der Waals surface area contributed by atoms with Crippen molar-refractivity contribution in [2.24, 2.45) is 4.99 Å². The monoisotopic (exact) mass is 587 g/mol. The number of amides is 1. The number of sulfonamides is 1. The molecule has 1 rings (SSSR count). The molecule has 234 valence electrons. The standard InChI is InChI=1S/C30H58N4O5S/c1-4-5-6-7-8-9-10-11-12-13-14-15-16-17-18-19-21-32-30(35)39-27-29(38-3)26-33-40(36,37)25-20-23-34(2)24-22-31-28-34/h22,24,28-29,33H,4-21,23,25-27H2,1-3H3/p+1. The minimum atomic E-state index is -3.45. The second kappa shape index (κ2) is 23.1. The van der Waals surface area contributed by atoms with Crippen LogP contribution in [0.25, 0.3) is 0 Å². The molecule has 0 aromatic carbocycles. The van der Waals surface area contributed by atoms with Gasteiger partial charge in [0, 0.05) is 26.6 Å². The Morgan fingerprint density at radius 1 is 0.875 bits per heavy atom. The van der Waals surface area contributed by atoms with Crippen molar-refractivity contribution in [1.82, 2.24) is 10.0 Å². The third-order valence-electron chi connectivity index (χ3n) is 7.44. The van der Waals surface area contributed by atoms with E-state index in [4.69, 9.17) is 9.47 Å². The maximum Gasteiger partial charge on any atom is 0.407 e. The molecule has 2 N–H and O–H groups in total. The Kier molecular flexibility index (Phi) is 21.1. The Morgan fingerprint density at radius 2 is 1.43 bits per heavy atom. The molecule has 0 saturated carbocycles. The topological polar surface area (TPSA) is 106 Å². The molecule has 1 aliphatic heterocycles. The molecule has 0 aliphatic carbocycles. The quantitative estimate of drug-likeness (QED) is 0.0872. The molecule has 1 heterocycles. The van der Waals surface area contributed by atoms with Crippen LogP contribution in [0.1, 0.15) is 116 Å². The van der Waals surface area contributed by atoms with Crippen LogP contribution in [0.2, 0.25) is 0 Å². The van der Waals surface area contributed by atoms with Crippen LogP contribution in [0.15, 0.2) is 17.4 Å². The van der Waals surface area contributed by atoms with Gasteiger partial charge in [0.15, 0.2) is 6.34 Å². The van der Waals surface area contributed by atoms with Crippen LogP contribution >= 0.6 is 0 Å². The molecule has 0 radical (unpaired) electrons. The van der Waals surface area contributed by atoms with Crippen LogP contribution in [0.3, 0.4) is 0 Å². The van der Waals surface area contributed by atoms with Crippen molar-refractivity contribution in [2.45, 2.75) is 122 Å². The Bertz CT molecular complexity index is 792. The average molecular weight is 588 g/mol. The number of rotatable bonds is 27. The third-order valence-corrected chi connectivity index (χ3v) is 8.87. The fourth-order valence-corrected chi connectivity index (χ4v) is 5.83. The van der Waals surface area contributed by atoms with Crippen molar-refractivity contribution in [3.8, 4) is 0 Å². The fourth-order valence-electron chi connectivity index (χ4n) is 4.73. The van der Waals surface area contributed by atoms with Crippen LogP contribution in [-0.4, -0.2) is 77.6 Å². The second-order valence-electron chi connectivity index (χ2n) is 11.3. The van der Waals surface area contributed by atoms with Crippen molar-refractivity contribution in [2.75, 3.05) is 46.2 Å². The molecule has 2 atom stereocenters. The third kappa shape index (κ3) is 20.4. The zero-order chi connectivity index (χ0) is 29.4. The van der Waals surface area contributed by atoms with Crippen LogP contribution < -0.4 is 10.0 Å². The molecule has 0 aromatic rings. The van der Waals surface area contributed by atoms with Crippen molar-refractivity contribution in [3.63, 3.8) is 0 Å². The lowest BCUT2D eigenvalue weighted by Crippen LogP contribution is -2.40. The average Bonchev–Trinajstić information content (AvgIpc) is 3.36. The largest absolute Gasteiger partial charge is 0.447 e. The van der Waals surface area contributed by atoms with E-state index in [9.17, 15) is 13.2 Å². The Morgan fingerprint density at radius 3 is 1.93 bits per heavy atom. The molecule has 0 saturated heterocycles. The van der Waals surface area contributed by atoms with Crippen LogP contribution in [0, 0.1) is 0 Å². The van der Waals surface area contributed by atoms with E-state index in [2.05, 4.69) is 22.0 Å². The number of hydrogen-bond acceptors (Lipinski definition) is 6. The highest BCUT2D eigenvalue weighted by Crippen LogP contribution is 2.14. The van der Waals surface area contributed by atoms with E-state index in [1.165, 1.54) is 97.0 Å². The number of methoxy groups -OCH3 is 1. The first-order chi connectivity index (χ1) is 19.3. The summed E-state index contributed by atoms with van der Waals surface area (Å²) < 4.78 is 38.2. The number of quaternary nitrogens is 1. The number of carbonyl (C=O) groups excluding carboxylic acids is 1. The first-order valence-electron chi connectivity index (χ1n) is 15.8. The van der Waals surface area contributed by atoms with E-state index < -0.39 is 22.2 Å². The predicted molar refractivity (Wildman–Crippen MR) is 165 cm³/mol. The zero-order valence-electron chi connectivity index (χ0n) is 25.7. The van der Waals surface area contributed by atoms with Gasteiger partial charge in [0.05, 0.1) is 25.5 Å². The maximum absolute atomic E-state index is 12.3. The first-order valence-corrected chi connectivity index (χ1v) is 17.4. The normalized spacial score (nSPS) is 17.4. The van der Waals surface area contributed by atoms with Crippen molar-refractivity contribution < 1.29 is 27.2 Å². The van der Waals surface area contributed by atoms with E-state index in [-0.39, 0.29) is 18.9 Å². The molecule has 40 heavy (non-hydrogen) atoms. The summed E-state index contributed by atoms with van der Waals surface area (Å²) in [6, 6.07) is 0. The molecular weight excluding hydrogens is 528 g/mol. The summed E-state index contributed by atoms with van der Waals surface area (Å²) in [4.78, 5) is 16.0. The Hall–Kier alpha value is -1.49. The summed E-state index contributed by atoms with van der Waals surface area (Å²) in [5, 5.41) is 2.77. The number of carbonyl (C=O) groups is 1. The van der Waals surface area contributed by atoms with Gasteiger partial charge in [-0.05, 0) is 6.42 Å². The highest BCUT2D eigenvalue weighted by atomic mass is 32.2. The molecule has 1 aliphatic rings. The van der Waals surface area contributed by atoms with Gasteiger partial charge >= 0.3 is 6.09 Å². The number of nitrogens with zero attached hydrogens (tertiary/aromatic N) is 2. The Balaban J connectivity index is 1.94. The van der Waals surface area contributed by atoms with Gasteiger partial charge in [-0.3, -0.25) is 4.48 Å². The number of nitrogens with one attached hydrogen (secondary N) is 2. The van der Waals surface area contributed by atoms with E-state index in [0.717, 1.165) is 12.8 Å². The smallest absolute Gasteiger partial charge is 0.407 e. The zero-order valence-corrected chi connectivity index (χ0v) is 26.5. The minimum Gasteiger partial charge on any atom is -0.447 e. The summed E-state index contributed by atoms with van der Waals surface area (Å²) in [5.41, 5.74) is 0. The molecule has 0 fully saturated rings. The van der Waals surface area contributed by atoms with Gasteiger partial charge in [-0.2, -0.15) is 0 Å². The Labute approximate surface area is 245 Å². The highest BCUT2D eigenvalue weighted by Gasteiger charge is 2.22. The van der Waals surface area contributed by atoms with E-state index in [0.29, 0.717) is 24.0 Å². The van der Waals surface area contributed by atoms with Crippen molar-refractivity contribution in [3.05, 3.63) is 12.4 Å². The highest BCUT2D eigenvalue weighted by molar-refractivity contribution is 7.89. The summed E-state index contributed by atoms with van der Waals surface area (Å²) >= 11 is 0. The molecule has 0 aromatic heterocycles. The van der Waals surface area contributed by atoms with E-state index in [1.54, 1.807) is 12.5 Å². The van der Waals surface area contributed by atoms with Gasteiger partial charge in [0.1, 0.15) is 18.9 Å². The first kappa shape index (κ1) is 36.5. The lowest BCUT2D eigenvalue weighted by atomic mass is 10.0. The predicted octanol–water partition coefficient (Wildman–Crippen LogP) is 6.26. The number of unbranched alkanes of at least 4 members (excludes halogenated alkanes) is 15. The van der Waals surface area contributed by atoms with Crippen LogP contribution in [0.4, 0.5) is 4.79 Å². The lowest BCUT2D eigenvalue weighted by molar-refractivity contribution is -0.756. The van der Waals surface area contributed by atoms with Crippen molar-refractivity contribution in [1.29, 1.82) is 0 Å². The summed E-state index contributed by atoms with van der Waals surface area (Å²) in [7, 11) is -0.00576. The molecule has 0 bridgehead atoms. The number of hydrogen-bond donors (Lipinski definition) is 2. The number of aliphatic imine (C=N–C) groups is 1. The molecule has 10 heteroatoms. The van der Waals surface area contributed by atoms with Gasteiger partial charge in [0.2, 0.25) is 10.0 Å². The van der Waals surface area contributed by atoms with Crippen molar-refractivity contribution >= 4 is 22.5 Å². The minimum absolute atomic E-state index is 0.0135. The number of ether oxygens (including phenoxy) is 2. The van der Waals surface area contributed by atoms with E-state index >= 15 is 0 Å². The molecule has 0 spiro atoms. The second-order valence-corrected chi connectivity index (χ2v) is 13.3. The molecule has 1 amide bonds. The molecule has 2 unspecified atom stereocenters. The van der Waals surface area contributed by atoms with Crippen LogP contribution in [0.5, 0.6) is 0 Å². The van der Waals surface area contributed by atoms with Gasteiger partial charge < -0.3 is 14.8 Å². The SMILES string of the molecule is CCCCCCCCCCCCCCCCCCNC(=O)OCC(CNS(=O)(=O)CCC[N+]1(C)C=CN=C1)OC. The fraction of sp³-hybridized carbons (Fsp3) is 0.867. The van der Waals surface area contributed by atoms with Gasteiger partial charge in [-0.1, -0.05) is 103 Å². The van der Waals surface area contributed by atoms with Gasteiger partial charge in [0.25, 0.3) is 0 Å². The number of alkyl carbamates (subject to hydrolysis) is 1. The lowest BCUT2D eigenvalue weighted by Gasteiger charge is -2.21. The van der Waals surface area contributed by atoms with Gasteiger partial charge in [-0.15, -0.1) is 0 Å². The molecule has 9 nitrogen and oxygen atoms in total. The summed E-state index contributed by atoms with van der Waals surface area (Å²) in [6.07, 6.45) is 25.9. The van der Waals surface area contributed by atoms with E-state index in [1.807, 2.05) is 13.2 Å². The van der Waals surface area contributed by atoms with Gasteiger partial charge in [-0.25, -0.2) is 22.9 Å². The summed E-state index contributed by atoms with van der Waals surface area (Å²) in [5.74, 6) is 0.0135. The maximum atomic E-state index is 12.3. The van der Waals surface area contributed by atoms with Crippen LogP contribution in [-0.2, 0) is 19.5 Å².